The Bertz CT molecular complexity index is 1050. The van der Waals surface area contributed by atoms with E-state index in [4.69, 9.17) is 4.74 Å². The summed E-state index contributed by atoms with van der Waals surface area (Å²) in [6.45, 7) is 1.83. The third kappa shape index (κ3) is 5.92. The van der Waals surface area contributed by atoms with Crippen LogP contribution in [0, 0.1) is 0 Å². The normalized spacial score (nSPS) is 18.0. The van der Waals surface area contributed by atoms with Crippen molar-refractivity contribution in [2.75, 3.05) is 30.8 Å². The maximum Gasteiger partial charge on any atom is 0.262 e. The fourth-order valence-corrected chi connectivity index (χ4v) is 4.81. The molecule has 0 saturated carbocycles. The van der Waals surface area contributed by atoms with Gasteiger partial charge in [0.2, 0.25) is 5.91 Å². The van der Waals surface area contributed by atoms with Crippen molar-refractivity contribution in [2.45, 2.75) is 30.9 Å². The van der Waals surface area contributed by atoms with Gasteiger partial charge in [0.25, 0.3) is 11.8 Å². The summed E-state index contributed by atoms with van der Waals surface area (Å²) in [6, 6.07) is 13.7. The van der Waals surface area contributed by atoms with Crippen LogP contribution in [-0.4, -0.2) is 53.2 Å². The smallest absolute Gasteiger partial charge is 0.262 e. The maximum absolute atomic E-state index is 12.5. The minimum absolute atomic E-state index is 0.0596. The Morgan fingerprint density at radius 2 is 1.64 bits per heavy atom. The Balaban J connectivity index is 1.27. The molecule has 0 spiro atoms. The number of methoxy groups -OCH3 is 1. The van der Waals surface area contributed by atoms with E-state index in [0.717, 1.165) is 31.1 Å². The average molecular weight is 467 g/mol. The molecular formula is C24H26N4O4S. The van der Waals surface area contributed by atoms with E-state index in [0.29, 0.717) is 22.7 Å². The zero-order chi connectivity index (χ0) is 23.2. The van der Waals surface area contributed by atoms with E-state index >= 15 is 0 Å². The van der Waals surface area contributed by atoms with Gasteiger partial charge in [0.1, 0.15) is 11.0 Å². The Morgan fingerprint density at radius 3 is 2.30 bits per heavy atom. The zero-order valence-corrected chi connectivity index (χ0v) is 19.2. The largest absolute Gasteiger partial charge is 0.497 e. The zero-order valence-electron chi connectivity index (χ0n) is 18.4. The Labute approximate surface area is 196 Å². The summed E-state index contributed by atoms with van der Waals surface area (Å²) in [7, 11) is 1.58. The van der Waals surface area contributed by atoms with E-state index in [1.165, 1.54) is 18.2 Å². The number of amidine groups is 1. The second-order valence-electron chi connectivity index (χ2n) is 7.90. The first-order chi connectivity index (χ1) is 16.0. The Morgan fingerprint density at radius 1 is 1.00 bits per heavy atom. The highest BCUT2D eigenvalue weighted by Crippen LogP contribution is 2.29. The monoisotopic (exact) mass is 466 g/mol. The SMILES string of the molecule is COc1ccc(NC(=O)c2ccc(NC(=O)C[C@H]3SC(N4CCCCC4)=NC3=O)cc2)cc1. The van der Waals surface area contributed by atoms with Gasteiger partial charge in [-0.25, -0.2) is 0 Å². The van der Waals surface area contributed by atoms with Crippen LogP contribution in [0.1, 0.15) is 36.0 Å². The van der Waals surface area contributed by atoms with Crippen LogP contribution in [0.2, 0.25) is 0 Å². The summed E-state index contributed by atoms with van der Waals surface area (Å²) in [5.41, 5.74) is 1.68. The summed E-state index contributed by atoms with van der Waals surface area (Å²) in [4.78, 5) is 43.5. The van der Waals surface area contributed by atoms with Gasteiger partial charge in [-0.1, -0.05) is 11.8 Å². The van der Waals surface area contributed by atoms with Gasteiger partial charge in [0, 0.05) is 36.4 Å². The third-order valence-electron chi connectivity index (χ3n) is 5.51. The number of rotatable bonds is 6. The number of aliphatic imine (C=N–C) groups is 1. The molecule has 0 aliphatic carbocycles. The molecule has 1 fully saturated rings. The first-order valence-corrected chi connectivity index (χ1v) is 11.8. The summed E-state index contributed by atoms with van der Waals surface area (Å²) in [5.74, 6) is -0.0545. The van der Waals surface area contributed by atoms with Gasteiger partial charge in [0.15, 0.2) is 5.17 Å². The van der Waals surface area contributed by atoms with Crippen LogP contribution in [-0.2, 0) is 9.59 Å². The summed E-state index contributed by atoms with van der Waals surface area (Å²) >= 11 is 1.38. The minimum atomic E-state index is -0.489. The number of hydrogen-bond donors (Lipinski definition) is 2. The number of carbonyl (C=O) groups excluding carboxylic acids is 3. The standard InChI is InChI=1S/C24H26N4O4S/c1-32-19-11-9-18(10-12-19)26-22(30)16-5-7-17(8-6-16)25-21(29)15-20-23(31)27-24(33-20)28-13-3-2-4-14-28/h5-12,20H,2-4,13-15H2,1H3,(H,25,29)(H,26,30)/t20-/m1/s1. The molecule has 0 aromatic heterocycles. The molecule has 3 amide bonds. The number of anilines is 2. The molecule has 2 aromatic carbocycles. The van der Waals surface area contributed by atoms with Crippen molar-refractivity contribution in [3.05, 3.63) is 54.1 Å². The highest BCUT2D eigenvalue weighted by Gasteiger charge is 2.33. The molecule has 0 radical (unpaired) electrons. The summed E-state index contributed by atoms with van der Waals surface area (Å²) in [5, 5.41) is 5.86. The molecule has 2 aliphatic heterocycles. The van der Waals surface area contributed by atoms with Crippen molar-refractivity contribution in [1.82, 2.24) is 4.90 Å². The number of amides is 3. The van der Waals surface area contributed by atoms with Gasteiger partial charge in [-0.2, -0.15) is 4.99 Å². The lowest BCUT2D eigenvalue weighted by molar-refractivity contribution is -0.121. The number of carbonyl (C=O) groups is 3. The molecule has 172 valence electrons. The molecule has 2 aromatic rings. The van der Waals surface area contributed by atoms with Gasteiger partial charge >= 0.3 is 0 Å². The first-order valence-electron chi connectivity index (χ1n) is 10.9. The fraction of sp³-hybridized carbons (Fsp3) is 0.333. The molecule has 2 N–H and O–H groups in total. The molecule has 4 rings (SSSR count). The number of piperidine rings is 1. The summed E-state index contributed by atoms with van der Waals surface area (Å²) < 4.78 is 5.11. The quantitative estimate of drug-likeness (QED) is 0.672. The van der Waals surface area contributed by atoms with E-state index in [2.05, 4.69) is 20.5 Å². The average Bonchev–Trinajstić information content (AvgIpc) is 3.20. The van der Waals surface area contributed by atoms with Gasteiger partial charge in [-0.05, 0) is 67.8 Å². The minimum Gasteiger partial charge on any atom is -0.497 e. The number of ether oxygens (including phenoxy) is 1. The molecule has 8 nitrogen and oxygen atoms in total. The Hall–Kier alpha value is -3.33. The molecular weight excluding hydrogens is 440 g/mol. The van der Waals surface area contributed by atoms with Crippen molar-refractivity contribution in [3.63, 3.8) is 0 Å². The maximum atomic E-state index is 12.5. The molecule has 1 atom stereocenters. The Kier molecular flexibility index (Phi) is 7.29. The van der Waals surface area contributed by atoms with Crippen molar-refractivity contribution in [1.29, 1.82) is 0 Å². The van der Waals surface area contributed by atoms with Crippen molar-refractivity contribution in [2.24, 2.45) is 4.99 Å². The van der Waals surface area contributed by atoms with Crippen molar-refractivity contribution >= 4 is 46.0 Å². The molecule has 0 bridgehead atoms. The molecule has 1 saturated heterocycles. The number of thioether (sulfide) groups is 1. The lowest BCUT2D eigenvalue weighted by Crippen LogP contribution is -2.33. The molecule has 0 unspecified atom stereocenters. The molecule has 2 aliphatic rings. The van der Waals surface area contributed by atoms with Gasteiger partial charge < -0.3 is 20.3 Å². The van der Waals surface area contributed by atoms with Gasteiger partial charge in [0.05, 0.1) is 7.11 Å². The lowest BCUT2D eigenvalue weighted by atomic mass is 10.1. The topological polar surface area (TPSA) is 100 Å². The van der Waals surface area contributed by atoms with Gasteiger partial charge in [-0.3, -0.25) is 14.4 Å². The van der Waals surface area contributed by atoms with Crippen LogP contribution < -0.4 is 15.4 Å². The second-order valence-corrected chi connectivity index (χ2v) is 9.07. The van der Waals surface area contributed by atoms with Crippen LogP contribution >= 0.6 is 11.8 Å². The van der Waals surface area contributed by atoms with Crippen LogP contribution in [0.3, 0.4) is 0 Å². The van der Waals surface area contributed by atoms with Crippen LogP contribution in [0.4, 0.5) is 11.4 Å². The predicted molar refractivity (Wildman–Crippen MR) is 130 cm³/mol. The molecule has 9 heteroatoms. The highest BCUT2D eigenvalue weighted by molar-refractivity contribution is 8.15. The lowest BCUT2D eigenvalue weighted by Gasteiger charge is -2.27. The predicted octanol–water partition coefficient (Wildman–Crippen LogP) is 3.76. The van der Waals surface area contributed by atoms with E-state index in [-0.39, 0.29) is 24.1 Å². The van der Waals surface area contributed by atoms with Crippen molar-refractivity contribution < 1.29 is 19.1 Å². The van der Waals surface area contributed by atoms with E-state index in [1.807, 2.05) is 0 Å². The molecule has 33 heavy (non-hydrogen) atoms. The number of nitrogens with one attached hydrogen (secondary N) is 2. The summed E-state index contributed by atoms with van der Waals surface area (Å²) in [6.07, 6.45) is 3.47. The van der Waals surface area contributed by atoms with Crippen LogP contribution in [0.5, 0.6) is 5.75 Å². The number of nitrogens with zero attached hydrogens (tertiary/aromatic N) is 2. The van der Waals surface area contributed by atoms with E-state index < -0.39 is 5.25 Å². The third-order valence-corrected chi connectivity index (χ3v) is 6.72. The number of likely N-dealkylation sites (tertiary alicyclic amines) is 1. The fourth-order valence-electron chi connectivity index (χ4n) is 3.69. The highest BCUT2D eigenvalue weighted by atomic mass is 32.2. The number of benzene rings is 2. The molecule has 2 heterocycles. The van der Waals surface area contributed by atoms with Crippen LogP contribution in [0.25, 0.3) is 0 Å². The van der Waals surface area contributed by atoms with E-state index in [1.54, 1.807) is 55.6 Å². The first kappa shape index (κ1) is 22.8. The van der Waals surface area contributed by atoms with Gasteiger partial charge in [-0.15, -0.1) is 0 Å². The second kappa shape index (κ2) is 10.5. The van der Waals surface area contributed by atoms with E-state index in [9.17, 15) is 14.4 Å². The van der Waals surface area contributed by atoms with Crippen LogP contribution in [0.15, 0.2) is 53.5 Å². The van der Waals surface area contributed by atoms with Crippen molar-refractivity contribution in [3.8, 4) is 5.75 Å². The number of hydrogen-bond acceptors (Lipinski definition) is 6.